The van der Waals surface area contributed by atoms with Gasteiger partial charge >= 0.3 is 0 Å². The number of fused-ring (bicyclic) bond motifs is 1. The van der Waals surface area contributed by atoms with Crippen LogP contribution in [0.25, 0.3) is 10.8 Å². The molecule has 0 aromatic heterocycles. The highest BCUT2D eigenvalue weighted by atomic mass is 16.3. The molecule has 1 aliphatic rings. The SMILES string of the molecule is CN1C[C@H](CO)[C@@H](c2cccc3ccccc23)C1. The first kappa shape index (κ1) is 11.7. The van der Waals surface area contributed by atoms with Crippen molar-refractivity contribution in [2.45, 2.75) is 5.92 Å². The van der Waals surface area contributed by atoms with Gasteiger partial charge in [0.2, 0.25) is 0 Å². The Morgan fingerprint density at radius 2 is 1.89 bits per heavy atom. The monoisotopic (exact) mass is 241 g/mol. The van der Waals surface area contributed by atoms with Gasteiger partial charge in [-0.05, 0) is 23.4 Å². The molecule has 1 N–H and O–H groups in total. The van der Waals surface area contributed by atoms with Crippen molar-refractivity contribution in [3.8, 4) is 0 Å². The molecular weight excluding hydrogens is 222 g/mol. The standard InChI is InChI=1S/C16H19NO/c1-17-9-13(11-18)16(10-17)15-8-4-6-12-5-2-3-7-14(12)15/h2-8,13,16,18H,9-11H2,1H3/t13-,16+/m1/s1. The second kappa shape index (κ2) is 4.71. The van der Waals surface area contributed by atoms with Crippen molar-refractivity contribution in [2.24, 2.45) is 5.92 Å². The van der Waals surface area contributed by atoms with Gasteiger partial charge in [-0.3, -0.25) is 0 Å². The molecule has 0 aliphatic carbocycles. The summed E-state index contributed by atoms with van der Waals surface area (Å²) in [6, 6.07) is 15.0. The highest BCUT2D eigenvalue weighted by Gasteiger charge is 2.32. The lowest BCUT2D eigenvalue weighted by molar-refractivity contribution is 0.220. The summed E-state index contributed by atoms with van der Waals surface area (Å²) in [5.41, 5.74) is 1.39. The summed E-state index contributed by atoms with van der Waals surface area (Å²) in [6.07, 6.45) is 0. The van der Waals surface area contributed by atoms with Crippen LogP contribution in [0.2, 0.25) is 0 Å². The first-order valence-corrected chi connectivity index (χ1v) is 6.56. The summed E-state index contributed by atoms with van der Waals surface area (Å²) in [5, 5.41) is 12.2. The molecule has 2 atom stereocenters. The highest BCUT2D eigenvalue weighted by molar-refractivity contribution is 5.86. The van der Waals surface area contributed by atoms with Crippen molar-refractivity contribution in [3.05, 3.63) is 48.0 Å². The van der Waals surface area contributed by atoms with Crippen molar-refractivity contribution in [1.82, 2.24) is 4.90 Å². The molecule has 1 fully saturated rings. The Kier molecular flexibility index (Phi) is 3.06. The predicted molar refractivity (Wildman–Crippen MR) is 74.8 cm³/mol. The number of hydrogen-bond donors (Lipinski definition) is 1. The van der Waals surface area contributed by atoms with Crippen LogP contribution < -0.4 is 0 Å². The number of hydrogen-bond acceptors (Lipinski definition) is 2. The van der Waals surface area contributed by atoms with Crippen molar-refractivity contribution in [1.29, 1.82) is 0 Å². The topological polar surface area (TPSA) is 23.5 Å². The second-order valence-electron chi connectivity index (χ2n) is 5.34. The Bertz CT molecular complexity index is 546. The zero-order chi connectivity index (χ0) is 12.5. The zero-order valence-corrected chi connectivity index (χ0v) is 10.7. The quantitative estimate of drug-likeness (QED) is 0.873. The largest absolute Gasteiger partial charge is 0.396 e. The average molecular weight is 241 g/mol. The van der Waals surface area contributed by atoms with Crippen LogP contribution in [0, 0.1) is 5.92 Å². The van der Waals surface area contributed by atoms with Crippen LogP contribution in [0.3, 0.4) is 0 Å². The van der Waals surface area contributed by atoms with Gasteiger partial charge in [0.15, 0.2) is 0 Å². The van der Waals surface area contributed by atoms with Crippen LogP contribution in [0.15, 0.2) is 42.5 Å². The fraction of sp³-hybridized carbons (Fsp3) is 0.375. The minimum Gasteiger partial charge on any atom is -0.396 e. The van der Waals surface area contributed by atoms with Crippen LogP contribution in [0.4, 0.5) is 0 Å². The molecule has 2 aromatic rings. The van der Waals surface area contributed by atoms with Gasteiger partial charge in [-0.15, -0.1) is 0 Å². The molecule has 0 spiro atoms. The van der Waals surface area contributed by atoms with E-state index in [1.165, 1.54) is 16.3 Å². The van der Waals surface area contributed by atoms with E-state index in [2.05, 4.69) is 54.4 Å². The van der Waals surface area contributed by atoms with Crippen LogP contribution in [-0.4, -0.2) is 36.8 Å². The van der Waals surface area contributed by atoms with Crippen molar-refractivity contribution < 1.29 is 5.11 Å². The van der Waals surface area contributed by atoms with Crippen molar-refractivity contribution >= 4 is 10.8 Å². The average Bonchev–Trinajstić information content (AvgIpc) is 2.79. The van der Waals surface area contributed by atoms with E-state index in [1.54, 1.807) is 0 Å². The summed E-state index contributed by atoms with van der Waals surface area (Å²) in [6.45, 7) is 2.31. The van der Waals surface area contributed by atoms with Gasteiger partial charge in [-0.2, -0.15) is 0 Å². The Morgan fingerprint density at radius 3 is 2.72 bits per heavy atom. The molecule has 2 heteroatoms. The smallest absolute Gasteiger partial charge is 0.0477 e. The summed E-state index contributed by atoms with van der Waals surface area (Å²) < 4.78 is 0. The maximum Gasteiger partial charge on any atom is 0.0477 e. The number of aliphatic hydroxyl groups is 1. The van der Waals surface area contributed by atoms with Gasteiger partial charge in [-0.1, -0.05) is 42.5 Å². The van der Waals surface area contributed by atoms with Crippen LogP contribution in [-0.2, 0) is 0 Å². The van der Waals surface area contributed by atoms with Gasteiger partial charge in [0.25, 0.3) is 0 Å². The molecular formula is C16H19NO. The number of aliphatic hydroxyl groups excluding tert-OH is 1. The zero-order valence-electron chi connectivity index (χ0n) is 10.7. The van der Waals surface area contributed by atoms with Gasteiger partial charge in [0.1, 0.15) is 0 Å². The van der Waals surface area contributed by atoms with E-state index < -0.39 is 0 Å². The minimum atomic E-state index is 0.276. The molecule has 0 saturated carbocycles. The Balaban J connectivity index is 2.08. The molecule has 1 heterocycles. The molecule has 0 radical (unpaired) electrons. The second-order valence-corrected chi connectivity index (χ2v) is 5.34. The van der Waals surface area contributed by atoms with Gasteiger partial charge in [0, 0.05) is 31.5 Å². The summed E-state index contributed by atoms with van der Waals surface area (Å²) in [7, 11) is 2.13. The summed E-state index contributed by atoms with van der Waals surface area (Å²) >= 11 is 0. The number of benzene rings is 2. The fourth-order valence-electron chi connectivity index (χ4n) is 3.20. The fourth-order valence-corrected chi connectivity index (χ4v) is 3.20. The molecule has 3 rings (SSSR count). The molecule has 0 bridgehead atoms. The lowest BCUT2D eigenvalue weighted by Crippen LogP contribution is -2.16. The van der Waals surface area contributed by atoms with Crippen molar-refractivity contribution in [2.75, 3.05) is 26.7 Å². The van der Waals surface area contributed by atoms with E-state index in [0.717, 1.165) is 13.1 Å². The van der Waals surface area contributed by atoms with E-state index in [0.29, 0.717) is 11.8 Å². The van der Waals surface area contributed by atoms with E-state index in [-0.39, 0.29) is 6.61 Å². The molecule has 1 aliphatic heterocycles. The lowest BCUT2D eigenvalue weighted by Gasteiger charge is -2.18. The van der Waals surface area contributed by atoms with Gasteiger partial charge in [0.05, 0.1) is 0 Å². The molecule has 2 nitrogen and oxygen atoms in total. The predicted octanol–water partition coefficient (Wildman–Crippen LogP) is 2.48. The maximum atomic E-state index is 9.56. The minimum absolute atomic E-state index is 0.276. The van der Waals surface area contributed by atoms with E-state index in [4.69, 9.17) is 0 Å². The number of likely N-dealkylation sites (N-methyl/N-ethyl adjacent to an activating group) is 1. The third kappa shape index (κ3) is 1.92. The normalized spacial score (nSPS) is 24.8. The summed E-state index contributed by atoms with van der Waals surface area (Å²) in [4.78, 5) is 2.31. The highest BCUT2D eigenvalue weighted by Crippen LogP contribution is 2.35. The van der Waals surface area contributed by atoms with Crippen LogP contribution >= 0.6 is 0 Å². The third-order valence-corrected chi connectivity index (χ3v) is 4.08. The van der Waals surface area contributed by atoms with Crippen LogP contribution in [0.5, 0.6) is 0 Å². The number of rotatable bonds is 2. The maximum absolute atomic E-state index is 9.56. The molecule has 0 unspecified atom stereocenters. The molecule has 18 heavy (non-hydrogen) atoms. The van der Waals surface area contributed by atoms with Gasteiger partial charge in [-0.25, -0.2) is 0 Å². The number of likely N-dealkylation sites (tertiary alicyclic amines) is 1. The van der Waals surface area contributed by atoms with Crippen LogP contribution in [0.1, 0.15) is 11.5 Å². The Labute approximate surface area is 108 Å². The van der Waals surface area contributed by atoms with Crippen molar-refractivity contribution in [3.63, 3.8) is 0 Å². The third-order valence-electron chi connectivity index (χ3n) is 4.08. The van der Waals surface area contributed by atoms with E-state index in [1.807, 2.05) is 0 Å². The Morgan fingerprint density at radius 1 is 1.11 bits per heavy atom. The molecule has 0 amide bonds. The van der Waals surface area contributed by atoms with Gasteiger partial charge < -0.3 is 10.0 Å². The number of nitrogens with zero attached hydrogens (tertiary/aromatic N) is 1. The van der Waals surface area contributed by atoms with E-state index >= 15 is 0 Å². The Hall–Kier alpha value is -1.38. The van der Waals surface area contributed by atoms with E-state index in [9.17, 15) is 5.11 Å². The first-order valence-electron chi connectivity index (χ1n) is 6.56. The first-order chi connectivity index (χ1) is 8.79. The lowest BCUT2D eigenvalue weighted by atomic mass is 9.86. The molecule has 1 saturated heterocycles. The molecule has 2 aromatic carbocycles. The molecule has 94 valence electrons. The summed E-state index contributed by atoms with van der Waals surface area (Å²) in [5.74, 6) is 0.812.